The number of piperazine rings is 1. The maximum atomic E-state index is 12.8. The van der Waals surface area contributed by atoms with Crippen molar-refractivity contribution in [3.63, 3.8) is 0 Å². The van der Waals surface area contributed by atoms with E-state index in [1.807, 2.05) is 13.8 Å². The standard InChI is InChI=1S/C13H19ClN2O2S/c1-9-4-5-12(14)6-13(9)19(17,18)16-10(2)7-15-8-11(16)3/h4-6,10-11,15H,7-8H2,1-3H3. The fraction of sp³-hybridized carbons (Fsp3) is 0.538. The molecule has 0 aliphatic carbocycles. The fourth-order valence-electron chi connectivity index (χ4n) is 2.55. The summed E-state index contributed by atoms with van der Waals surface area (Å²) in [5.41, 5.74) is 0.724. The van der Waals surface area contributed by atoms with E-state index in [2.05, 4.69) is 5.32 Å². The Morgan fingerprint density at radius 1 is 1.26 bits per heavy atom. The number of hydrogen-bond donors (Lipinski definition) is 1. The van der Waals surface area contributed by atoms with Crippen molar-refractivity contribution in [2.75, 3.05) is 13.1 Å². The van der Waals surface area contributed by atoms with Crippen LogP contribution in [0.15, 0.2) is 23.1 Å². The van der Waals surface area contributed by atoms with Crippen LogP contribution < -0.4 is 5.32 Å². The molecule has 1 heterocycles. The molecule has 106 valence electrons. The lowest BCUT2D eigenvalue weighted by Gasteiger charge is -2.38. The van der Waals surface area contributed by atoms with Gasteiger partial charge < -0.3 is 5.32 Å². The molecule has 1 N–H and O–H groups in total. The zero-order chi connectivity index (χ0) is 14.2. The van der Waals surface area contributed by atoms with E-state index in [0.717, 1.165) is 5.56 Å². The van der Waals surface area contributed by atoms with E-state index in [1.54, 1.807) is 23.4 Å². The summed E-state index contributed by atoms with van der Waals surface area (Å²) in [5.74, 6) is 0. The van der Waals surface area contributed by atoms with Crippen molar-refractivity contribution >= 4 is 21.6 Å². The lowest BCUT2D eigenvalue weighted by molar-refractivity contribution is 0.220. The minimum absolute atomic E-state index is 0.0628. The van der Waals surface area contributed by atoms with Gasteiger partial charge in [0, 0.05) is 30.2 Å². The van der Waals surface area contributed by atoms with Crippen LogP contribution in [0, 0.1) is 6.92 Å². The average molecular weight is 303 g/mol. The molecule has 4 nitrogen and oxygen atoms in total. The van der Waals surface area contributed by atoms with E-state index < -0.39 is 10.0 Å². The molecule has 6 heteroatoms. The number of benzene rings is 1. The molecule has 0 radical (unpaired) electrons. The van der Waals surface area contributed by atoms with Crippen molar-refractivity contribution in [3.05, 3.63) is 28.8 Å². The van der Waals surface area contributed by atoms with E-state index in [1.165, 1.54) is 6.07 Å². The Bertz CT molecular complexity index is 564. The largest absolute Gasteiger partial charge is 0.314 e. The van der Waals surface area contributed by atoms with Gasteiger partial charge in [0.15, 0.2) is 0 Å². The van der Waals surface area contributed by atoms with Crippen molar-refractivity contribution in [3.8, 4) is 0 Å². The van der Waals surface area contributed by atoms with Gasteiger partial charge in [-0.15, -0.1) is 0 Å². The molecule has 2 rings (SSSR count). The Balaban J connectivity index is 2.49. The van der Waals surface area contributed by atoms with Crippen LogP contribution >= 0.6 is 11.6 Å². The summed E-state index contributed by atoms with van der Waals surface area (Å²) < 4.78 is 27.2. The quantitative estimate of drug-likeness (QED) is 0.909. The summed E-state index contributed by atoms with van der Waals surface area (Å²) in [6, 6.07) is 4.86. The van der Waals surface area contributed by atoms with E-state index in [0.29, 0.717) is 23.0 Å². The van der Waals surface area contributed by atoms with Crippen LogP contribution in [0.1, 0.15) is 19.4 Å². The highest BCUT2D eigenvalue weighted by Gasteiger charge is 2.36. The third-order valence-corrected chi connectivity index (χ3v) is 5.96. The molecule has 0 saturated carbocycles. The smallest absolute Gasteiger partial charge is 0.243 e. The van der Waals surface area contributed by atoms with Crippen LogP contribution in [0.25, 0.3) is 0 Å². The van der Waals surface area contributed by atoms with E-state index >= 15 is 0 Å². The first-order valence-corrected chi connectivity index (χ1v) is 8.16. The van der Waals surface area contributed by atoms with Gasteiger partial charge in [-0.1, -0.05) is 17.7 Å². The van der Waals surface area contributed by atoms with E-state index in [4.69, 9.17) is 11.6 Å². The van der Waals surface area contributed by atoms with E-state index in [-0.39, 0.29) is 12.1 Å². The van der Waals surface area contributed by atoms with Crippen LogP contribution in [-0.2, 0) is 10.0 Å². The predicted octanol–water partition coefficient (Wildman–Crippen LogP) is 2.02. The molecule has 1 aromatic rings. The minimum atomic E-state index is -3.50. The highest BCUT2D eigenvalue weighted by atomic mass is 35.5. The van der Waals surface area contributed by atoms with Gasteiger partial charge in [0.2, 0.25) is 10.0 Å². The summed E-state index contributed by atoms with van der Waals surface area (Å²) in [5, 5.41) is 3.68. The van der Waals surface area contributed by atoms with Gasteiger partial charge in [-0.25, -0.2) is 8.42 Å². The normalized spacial score (nSPS) is 25.5. The molecule has 1 aliphatic rings. The highest BCUT2D eigenvalue weighted by molar-refractivity contribution is 7.89. The van der Waals surface area contributed by atoms with Gasteiger partial charge in [-0.05, 0) is 38.5 Å². The number of sulfonamides is 1. The van der Waals surface area contributed by atoms with Crippen LogP contribution in [-0.4, -0.2) is 37.9 Å². The molecule has 2 atom stereocenters. The Morgan fingerprint density at radius 2 is 1.84 bits per heavy atom. The van der Waals surface area contributed by atoms with Crippen molar-refractivity contribution in [2.24, 2.45) is 0 Å². The number of nitrogens with one attached hydrogen (secondary N) is 1. The summed E-state index contributed by atoms with van der Waals surface area (Å²) in [4.78, 5) is 0.306. The maximum absolute atomic E-state index is 12.8. The van der Waals surface area contributed by atoms with Gasteiger partial charge >= 0.3 is 0 Å². The van der Waals surface area contributed by atoms with Gasteiger partial charge in [0.25, 0.3) is 0 Å². The summed E-state index contributed by atoms with van der Waals surface area (Å²) in [6.07, 6.45) is 0. The lowest BCUT2D eigenvalue weighted by atomic mass is 10.2. The number of halogens is 1. The number of rotatable bonds is 2. The molecule has 0 aromatic heterocycles. The highest BCUT2D eigenvalue weighted by Crippen LogP contribution is 2.27. The van der Waals surface area contributed by atoms with E-state index in [9.17, 15) is 8.42 Å². The fourth-order valence-corrected chi connectivity index (χ4v) is 4.87. The van der Waals surface area contributed by atoms with Crippen molar-refractivity contribution < 1.29 is 8.42 Å². The SMILES string of the molecule is Cc1ccc(Cl)cc1S(=O)(=O)N1C(C)CNCC1C. The lowest BCUT2D eigenvalue weighted by Crippen LogP contribution is -2.57. The Morgan fingerprint density at radius 3 is 2.42 bits per heavy atom. The molecule has 0 spiro atoms. The second-order valence-electron chi connectivity index (χ2n) is 5.10. The summed E-state index contributed by atoms with van der Waals surface area (Å²) >= 11 is 5.94. The maximum Gasteiger partial charge on any atom is 0.243 e. The van der Waals surface area contributed by atoms with Crippen LogP contribution in [0.2, 0.25) is 5.02 Å². The molecule has 2 unspecified atom stereocenters. The third-order valence-electron chi connectivity index (χ3n) is 3.45. The third kappa shape index (κ3) is 2.79. The molecular formula is C13H19ClN2O2S. The molecule has 1 fully saturated rings. The number of nitrogens with zero attached hydrogens (tertiary/aromatic N) is 1. The number of hydrogen-bond acceptors (Lipinski definition) is 3. The predicted molar refractivity (Wildman–Crippen MR) is 77.0 cm³/mol. The van der Waals surface area contributed by atoms with Crippen LogP contribution in [0.5, 0.6) is 0 Å². The van der Waals surface area contributed by atoms with Crippen molar-refractivity contribution in [1.29, 1.82) is 0 Å². The first kappa shape index (κ1) is 14.8. The van der Waals surface area contributed by atoms with Crippen LogP contribution in [0.4, 0.5) is 0 Å². The van der Waals surface area contributed by atoms with Crippen molar-refractivity contribution in [1.82, 2.24) is 9.62 Å². The molecule has 1 saturated heterocycles. The minimum Gasteiger partial charge on any atom is -0.314 e. The van der Waals surface area contributed by atoms with Gasteiger partial charge in [0.1, 0.15) is 0 Å². The zero-order valence-electron chi connectivity index (χ0n) is 11.4. The second-order valence-corrected chi connectivity index (χ2v) is 7.35. The zero-order valence-corrected chi connectivity index (χ0v) is 12.9. The average Bonchev–Trinajstić information content (AvgIpc) is 2.31. The molecule has 0 amide bonds. The molecule has 19 heavy (non-hydrogen) atoms. The summed E-state index contributed by atoms with van der Waals surface area (Å²) in [6.45, 7) is 6.97. The van der Waals surface area contributed by atoms with Gasteiger partial charge in [0.05, 0.1) is 4.90 Å². The first-order valence-electron chi connectivity index (χ1n) is 6.34. The molecule has 1 aliphatic heterocycles. The van der Waals surface area contributed by atoms with Gasteiger partial charge in [-0.3, -0.25) is 0 Å². The topological polar surface area (TPSA) is 49.4 Å². The monoisotopic (exact) mass is 302 g/mol. The molecular weight excluding hydrogens is 284 g/mol. The Labute approximate surface area is 119 Å². The Kier molecular flexibility index (Phi) is 4.20. The molecule has 1 aromatic carbocycles. The first-order chi connectivity index (χ1) is 8.84. The summed E-state index contributed by atoms with van der Waals surface area (Å²) in [7, 11) is -3.50. The molecule has 0 bridgehead atoms. The van der Waals surface area contributed by atoms with Crippen LogP contribution in [0.3, 0.4) is 0 Å². The Hall–Kier alpha value is -0.620. The van der Waals surface area contributed by atoms with Crippen molar-refractivity contribution in [2.45, 2.75) is 37.8 Å². The second kappa shape index (κ2) is 5.40. The number of aryl methyl sites for hydroxylation is 1. The van der Waals surface area contributed by atoms with Gasteiger partial charge in [-0.2, -0.15) is 4.31 Å².